The minimum atomic E-state index is -1.86. The molecule has 0 spiro atoms. The molecule has 3 aromatic rings. The molecule has 0 aliphatic rings. The van der Waals surface area contributed by atoms with Crippen molar-refractivity contribution in [3.8, 4) is 11.4 Å². The quantitative estimate of drug-likeness (QED) is 0.206. The second kappa shape index (κ2) is 9.62. The van der Waals surface area contributed by atoms with Crippen LogP contribution in [-0.2, 0) is 4.43 Å². The van der Waals surface area contributed by atoms with E-state index in [1.54, 1.807) is 22.2 Å². The van der Waals surface area contributed by atoms with E-state index in [-0.39, 0.29) is 5.82 Å². The fourth-order valence-electron chi connectivity index (χ4n) is 4.70. The van der Waals surface area contributed by atoms with Crippen LogP contribution in [0.3, 0.4) is 0 Å². The second-order valence-electron chi connectivity index (χ2n) is 8.61. The average Bonchev–Trinajstić information content (AvgIpc) is 3.10. The lowest BCUT2D eigenvalue weighted by Gasteiger charge is -2.42. The van der Waals surface area contributed by atoms with Gasteiger partial charge in [0.05, 0.1) is 0 Å². The van der Waals surface area contributed by atoms with Gasteiger partial charge in [0, 0.05) is 29.0 Å². The van der Waals surface area contributed by atoms with Crippen molar-refractivity contribution >= 4 is 25.7 Å². The number of fused-ring (bicyclic) bond motifs is 1. The molecular formula is C23H32FN3OSSi. The second-order valence-corrected chi connectivity index (χ2v) is 15.2. The largest absolute Gasteiger partial charge is 0.415 e. The van der Waals surface area contributed by atoms with E-state index in [1.807, 2.05) is 18.2 Å². The van der Waals surface area contributed by atoms with E-state index >= 15 is 0 Å². The zero-order valence-electron chi connectivity index (χ0n) is 18.7. The summed E-state index contributed by atoms with van der Waals surface area (Å²) in [5, 5.41) is 8.50. The Bertz CT molecular complexity index is 968. The fraction of sp³-hybridized carbons (Fsp3) is 0.478. The Morgan fingerprint density at radius 3 is 2.30 bits per heavy atom. The van der Waals surface area contributed by atoms with Crippen molar-refractivity contribution < 1.29 is 8.82 Å². The maximum atomic E-state index is 13.8. The Balaban J connectivity index is 1.77. The smallest absolute Gasteiger partial charge is 0.200 e. The van der Waals surface area contributed by atoms with Gasteiger partial charge in [-0.2, -0.15) is 0 Å². The third-order valence-corrected chi connectivity index (χ3v) is 13.1. The van der Waals surface area contributed by atoms with Crippen LogP contribution in [0.2, 0.25) is 16.6 Å². The molecular weight excluding hydrogens is 413 g/mol. The first-order valence-corrected chi connectivity index (χ1v) is 13.8. The van der Waals surface area contributed by atoms with E-state index in [9.17, 15) is 4.39 Å². The number of benzene rings is 1. The van der Waals surface area contributed by atoms with Crippen molar-refractivity contribution in [2.45, 2.75) is 63.1 Å². The number of halogens is 1. The predicted molar refractivity (Wildman–Crippen MR) is 126 cm³/mol. The first-order valence-electron chi connectivity index (χ1n) is 10.6. The number of aromatic nitrogens is 3. The van der Waals surface area contributed by atoms with Gasteiger partial charge in [-0.05, 0) is 34.8 Å². The lowest BCUT2D eigenvalue weighted by molar-refractivity contribution is 0.300. The van der Waals surface area contributed by atoms with Crippen LogP contribution in [0.4, 0.5) is 4.39 Å². The lowest BCUT2D eigenvalue weighted by atomic mass is 10.2. The molecule has 2 heterocycles. The van der Waals surface area contributed by atoms with Crippen molar-refractivity contribution in [1.29, 1.82) is 0 Å². The standard InChI is InChI=1S/C23H32FN3OSSi/c1-16(2)30(17(3)4,18(5)6)28-13-14-29-21-10-8-7-9-20(21)23-26-25-22-12-11-19(24)15-27(22)23/h7-12,15-18H,13-14H2,1-6H3. The average molecular weight is 446 g/mol. The van der Waals surface area contributed by atoms with Gasteiger partial charge in [0.25, 0.3) is 0 Å². The number of hydrogen-bond acceptors (Lipinski definition) is 4. The Labute approximate surface area is 184 Å². The molecule has 0 fully saturated rings. The van der Waals surface area contributed by atoms with Crippen molar-refractivity contribution in [2.75, 3.05) is 12.4 Å². The van der Waals surface area contributed by atoms with Gasteiger partial charge >= 0.3 is 0 Å². The third kappa shape index (κ3) is 4.48. The van der Waals surface area contributed by atoms with E-state index in [1.165, 1.54) is 12.3 Å². The molecule has 0 unspecified atom stereocenters. The maximum Gasteiger partial charge on any atom is 0.200 e. The summed E-state index contributed by atoms with van der Waals surface area (Å²) in [7, 11) is -1.86. The fourth-order valence-corrected chi connectivity index (χ4v) is 11.2. The van der Waals surface area contributed by atoms with Crippen molar-refractivity contribution in [3.63, 3.8) is 0 Å². The van der Waals surface area contributed by atoms with Gasteiger partial charge in [-0.3, -0.25) is 4.40 Å². The number of nitrogens with zero attached hydrogens (tertiary/aromatic N) is 3. The maximum absolute atomic E-state index is 13.8. The van der Waals surface area contributed by atoms with Crippen LogP contribution in [0.1, 0.15) is 41.5 Å². The SMILES string of the molecule is CC(C)[Si](OCCSc1ccccc1-c1nnc2ccc(F)cn12)(C(C)C)C(C)C. The first kappa shape index (κ1) is 23.0. The Hall–Kier alpha value is -1.70. The zero-order chi connectivity index (χ0) is 21.9. The van der Waals surface area contributed by atoms with Gasteiger partial charge in [-0.25, -0.2) is 4.39 Å². The molecule has 7 heteroatoms. The van der Waals surface area contributed by atoms with Crippen LogP contribution in [-0.4, -0.2) is 35.3 Å². The van der Waals surface area contributed by atoms with Gasteiger partial charge in [0.2, 0.25) is 0 Å². The summed E-state index contributed by atoms with van der Waals surface area (Å²) in [6.07, 6.45) is 1.43. The molecule has 0 saturated heterocycles. The van der Waals surface area contributed by atoms with Crippen LogP contribution in [0.25, 0.3) is 17.0 Å². The molecule has 3 rings (SSSR count). The van der Waals surface area contributed by atoms with E-state index in [0.29, 0.717) is 28.1 Å². The van der Waals surface area contributed by atoms with E-state index < -0.39 is 8.32 Å². The van der Waals surface area contributed by atoms with Crippen LogP contribution >= 0.6 is 11.8 Å². The highest BCUT2D eigenvalue weighted by molar-refractivity contribution is 7.99. The molecule has 4 nitrogen and oxygen atoms in total. The molecule has 0 aliphatic carbocycles. The van der Waals surface area contributed by atoms with Crippen molar-refractivity contribution in [2.24, 2.45) is 0 Å². The predicted octanol–water partition coefficient (Wildman–Crippen LogP) is 6.82. The molecule has 162 valence electrons. The number of pyridine rings is 1. The molecule has 0 bridgehead atoms. The first-order chi connectivity index (χ1) is 14.3. The summed E-state index contributed by atoms with van der Waals surface area (Å²) in [5.74, 6) is 1.21. The zero-order valence-corrected chi connectivity index (χ0v) is 20.5. The van der Waals surface area contributed by atoms with E-state index in [2.05, 4.69) is 57.8 Å². The lowest BCUT2D eigenvalue weighted by Crippen LogP contribution is -2.48. The molecule has 0 amide bonds. The Morgan fingerprint density at radius 2 is 1.63 bits per heavy atom. The molecule has 0 aliphatic heterocycles. The topological polar surface area (TPSA) is 39.4 Å². The Kier molecular flexibility index (Phi) is 7.37. The molecule has 2 aromatic heterocycles. The molecule has 0 saturated carbocycles. The van der Waals surface area contributed by atoms with Gasteiger partial charge in [-0.15, -0.1) is 22.0 Å². The van der Waals surface area contributed by atoms with Gasteiger partial charge in [0.15, 0.2) is 19.8 Å². The van der Waals surface area contributed by atoms with Crippen molar-refractivity contribution in [3.05, 3.63) is 48.4 Å². The molecule has 0 atom stereocenters. The van der Waals surface area contributed by atoms with Crippen LogP contribution in [0.5, 0.6) is 0 Å². The van der Waals surface area contributed by atoms with E-state index in [0.717, 1.165) is 22.8 Å². The highest BCUT2D eigenvalue weighted by atomic mass is 32.2. The van der Waals surface area contributed by atoms with Crippen molar-refractivity contribution in [1.82, 2.24) is 14.6 Å². The minimum absolute atomic E-state index is 0.306. The van der Waals surface area contributed by atoms with Crippen LogP contribution in [0, 0.1) is 5.82 Å². The highest BCUT2D eigenvalue weighted by Crippen LogP contribution is 2.42. The van der Waals surface area contributed by atoms with Gasteiger partial charge in [0.1, 0.15) is 5.82 Å². The summed E-state index contributed by atoms with van der Waals surface area (Å²) >= 11 is 1.76. The summed E-state index contributed by atoms with van der Waals surface area (Å²) in [4.78, 5) is 1.10. The Morgan fingerprint density at radius 1 is 0.967 bits per heavy atom. The summed E-state index contributed by atoms with van der Waals surface area (Å²) in [6, 6.07) is 11.1. The molecule has 0 N–H and O–H groups in total. The minimum Gasteiger partial charge on any atom is -0.415 e. The number of rotatable bonds is 9. The third-order valence-electron chi connectivity index (χ3n) is 5.89. The summed E-state index contributed by atoms with van der Waals surface area (Å²) in [5.41, 5.74) is 3.32. The number of thioether (sulfide) groups is 1. The normalized spacial score (nSPS) is 12.6. The molecule has 30 heavy (non-hydrogen) atoms. The molecule has 0 radical (unpaired) electrons. The molecule has 1 aromatic carbocycles. The number of hydrogen-bond donors (Lipinski definition) is 0. The van der Waals surface area contributed by atoms with Crippen LogP contribution < -0.4 is 0 Å². The monoisotopic (exact) mass is 445 g/mol. The van der Waals surface area contributed by atoms with Gasteiger partial charge < -0.3 is 4.43 Å². The van der Waals surface area contributed by atoms with Crippen LogP contribution in [0.15, 0.2) is 47.5 Å². The van der Waals surface area contributed by atoms with Gasteiger partial charge in [-0.1, -0.05) is 59.7 Å². The summed E-state index contributed by atoms with van der Waals surface area (Å²) < 4.78 is 22.2. The van der Waals surface area contributed by atoms with E-state index in [4.69, 9.17) is 4.43 Å². The highest BCUT2D eigenvalue weighted by Gasteiger charge is 2.44. The summed E-state index contributed by atoms with van der Waals surface area (Å²) in [6.45, 7) is 14.6.